The fourth-order valence-corrected chi connectivity index (χ4v) is 5.52. The number of nitrogens with one attached hydrogen (secondary N) is 1. The fraction of sp³-hybridized carbons (Fsp3) is 0.389. The maximum atomic E-state index is 12.7. The van der Waals surface area contributed by atoms with Gasteiger partial charge in [-0.25, -0.2) is 18.2 Å². The predicted molar refractivity (Wildman–Crippen MR) is 109 cm³/mol. The van der Waals surface area contributed by atoms with Crippen molar-refractivity contribution in [2.75, 3.05) is 18.4 Å². The lowest BCUT2D eigenvalue weighted by atomic mass is 10.3. The van der Waals surface area contributed by atoms with Gasteiger partial charge in [0.15, 0.2) is 10.7 Å². The van der Waals surface area contributed by atoms with Crippen LogP contribution in [0.2, 0.25) is 0 Å². The van der Waals surface area contributed by atoms with Gasteiger partial charge in [-0.1, -0.05) is 0 Å². The van der Waals surface area contributed by atoms with Gasteiger partial charge in [-0.15, -0.1) is 11.3 Å². The third-order valence-electron chi connectivity index (χ3n) is 4.77. The zero-order valence-corrected chi connectivity index (χ0v) is 17.4. The normalized spacial score (nSPS) is 15.2. The number of amides is 1. The van der Waals surface area contributed by atoms with E-state index in [-0.39, 0.29) is 29.4 Å². The third kappa shape index (κ3) is 3.98. The Morgan fingerprint density at radius 1 is 1.31 bits per heavy atom. The van der Waals surface area contributed by atoms with Gasteiger partial charge < -0.3 is 9.73 Å². The van der Waals surface area contributed by atoms with Crippen LogP contribution in [0.15, 0.2) is 38.5 Å². The Kier molecular flexibility index (Phi) is 5.28. The summed E-state index contributed by atoms with van der Waals surface area (Å²) in [6.07, 6.45) is 3.41. The lowest BCUT2D eigenvalue weighted by Crippen LogP contribution is -2.27. The summed E-state index contributed by atoms with van der Waals surface area (Å²) >= 11 is 1.37. The number of hydrogen-bond acceptors (Lipinski definition) is 7. The van der Waals surface area contributed by atoms with E-state index in [1.165, 1.54) is 32.3 Å². The van der Waals surface area contributed by atoms with Gasteiger partial charge in [0.25, 0.3) is 0 Å². The monoisotopic (exact) mass is 436 g/mol. The third-order valence-corrected chi connectivity index (χ3v) is 7.50. The molecule has 0 saturated carbocycles. The number of fused-ring (bicyclic) bond motifs is 1. The van der Waals surface area contributed by atoms with E-state index in [1.807, 2.05) is 6.92 Å². The number of hydrogen-bond donors (Lipinski definition) is 1. The first kappa shape index (κ1) is 19.8. The fourth-order valence-electron chi connectivity index (χ4n) is 3.30. The van der Waals surface area contributed by atoms with Gasteiger partial charge in [-0.2, -0.15) is 4.31 Å². The zero-order chi connectivity index (χ0) is 20.6. The minimum absolute atomic E-state index is 0.0565. The Bertz CT molecular complexity index is 1220. The van der Waals surface area contributed by atoms with Crippen LogP contribution in [0.1, 0.15) is 24.1 Å². The van der Waals surface area contributed by atoms with E-state index in [1.54, 1.807) is 12.3 Å². The maximum absolute atomic E-state index is 12.7. The van der Waals surface area contributed by atoms with Gasteiger partial charge in [-0.3, -0.25) is 9.36 Å². The number of carbonyl (C=O) groups is 1. The zero-order valence-electron chi connectivity index (χ0n) is 15.8. The Morgan fingerprint density at radius 2 is 2.07 bits per heavy atom. The van der Waals surface area contributed by atoms with Gasteiger partial charge in [0.05, 0.1) is 10.4 Å². The molecule has 1 saturated heterocycles. The van der Waals surface area contributed by atoms with Gasteiger partial charge in [-0.05, 0) is 31.9 Å². The molecule has 0 aliphatic carbocycles. The number of aryl methyl sites for hydroxylation is 2. The molecule has 1 aliphatic heterocycles. The van der Waals surface area contributed by atoms with Crippen molar-refractivity contribution >= 4 is 43.5 Å². The average Bonchev–Trinajstić information content (AvgIpc) is 3.40. The first-order chi connectivity index (χ1) is 13.8. The van der Waals surface area contributed by atoms with Crippen molar-refractivity contribution in [3.05, 3.63) is 39.8 Å². The summed E-state index contributed by atoms with van der Waals surface area (Å²) in [5.74, 6) is -0.901. The summed E-state index contributed by atoms with van der Waals surface area (Å²) in [4.78, 5) is 29.5. The topological polar surface area (TPSA) is 115 Å². The van der Waals surface area contributed by atoms with Crippen LogP contribution in [-0.2, 0) is 21.4 Å². The molecule has 11 heteroatoms. The molecule has 2 aromatic heterocycles. The number of oxazole rings is 1. The summed E-state index contributed by atoms with van der Waals surface area (Å²) in [7, 11) is -3.60. The van der Waals surface area contributed by atoms with Crippen molar-refractivity contribution in [3.8, 4) is 0 Å². The average molecular weight is 437 g/mol. The van der Waals surface area contributed by atoms with Crippen LogP contribution < -0.4 is 11.1 Å². The number of nitrogens with zero attached hydrogens (tertiary/aromatic N) is 3. The molecule has 1 aliphatic rings. The van der Waals surface area contributed by atoms with Crippen molar-refractivity contribution in [2.45, 2.75) is 37.6 Å². The Hall–Kier alpha value is -2.50. The number of aromatic nitrogens is 2. The number of sulfonamides is 1. The van der Waals surface area contributed by atoms with E-state index in [0.29, 0.717) is 23.7 Å². The Morgan fingerprint density at radius 3 is 2.76 bits per heavy atom. The van der Waals surface area contributed by atoms with Crippen LogP contribution in [0.25, 0.3) is 11.1 Å². The number of anilines is 1. The molecule has 0 spiro atoms. The molecule has 0 atom stereocenters. The lowest BCUT2D eigenvalue weighted by Gasteiger charge is -2.15. The van der Waals surface area contributed by atoms with Crippen LogP contribution in [-0.4, -0.2) is 41.3 Å². The minimum atomic E-state index is -3.60. The van der Waals surface area contributed by atoms with Gasteiger partial charge in [0.2, 0.25) is 15.9 Å². The molecule has 0 radical (unpaired) electrons. The summed E-state index contributed by atoms with van der Waals surface area (Å²) in [6.45, 7) is 3.00. The van der Waals surface area contributed by atoms with Gasteiger partial charge in [0.1, 0.15) is 0 Å². The van der Waals surface area contributed by atoms with Crippen molar-refractivity contribution in [1.29, 1.82) is 0 Å². The van der Waals surface area contributed by atoms with E-state index in [4.69, 9.17) is 4.42 Å². The molecule has 154 valence electrons. The highest BCUT2D eigenvalue weighted by Crippen LogP contribution is 2.24. The molecule has 1 amide bonds. The number of rotatable bonds is 6. The van der Waals surface area contributed by atoms with Crippen LogP contribution in [0.5, 0.6) is 0 Å². The van der Waals surface area contributed by atoms with Crippen molar-refractivity contribution in [3.63, 3.8) is 0 Å². The van der Waals surface area contributed by atoms with Crippen LogP contribution in [0, 0.1) is 6.92 Å². The first-order valence-corrected chi connectivity index (χ1v) is 11.5. The van der Waals surface area contributed by atoms with E-state index in [0.717, 1.165) is 17.7 Å². The molecule has 1 aromatic carbocycles. The van der Waals surface area contributed by atoms with Crippen LogP contribution in [0.4, 0.5) is 5.13 Å². The molecule has 3 heterocycles. The van der Waals surface area contributed by atoms with Crippen molar-refractivity contribution < 1.29 is 17.6 Å². The highest BCUT2D eigenvalue weighted by atomic mass is 32.2. The largest absolute Gasteiger partial charge is 0.419 e. The highest BCUT2D eigenvalue weighted by molar-refractivity contribution is 7.89. The van der Waals surface area contributed by atoms with Crippen LogP contribution in [0.3, 0.4) is 0 Å². The second-order valence-electron chi connectivity index (χ2n) is 6.83. The molecule has 1 N–H and O–H groups in total. The van der Waals surface area contributed by atoms with E-state index >= 15 is 0 Å². The number of benzene rings is 1. The van der Waals surface area contributed by atoms with Gasteiger partial charge >= 0.3 is 5.76 Å². The van der Waals surface area contributed by atoms with E-state index in [2.05, 4.69) is 10.3 Å². The minimum Gasteiger partial charge on any atom is -0.408 e. The summed E-state index contributed by atoms with van der Waals surface area (Å²) in [5, 5.41) is 3.20. The smallest absolute Gasteiger partial charge is 0.408 e. The molecule has 0 unspecified atom stereocenters. The molecular formula is C18H20N4O5S2. The molecule has 4 rings (SSSR count). The predicted octanol–water partition coefficient (Wildman–Crippen LogP) is 2.17. The van der Waals surface area contributed by atoms with Crippen molar-refractivity contribution in [2.24, 2.45) is 0 Å². The second-order valence-corrected chi connectivity index (χ2v) is 10.0. The van der Waals surface area contributed by atoms with E-state index < -0.39 is 15.8 Å². The van der Waals surface area contributed by atoms with Gasteiger partial charge in [0, 0.05) is 43.2 Å². The molecular weight excluding hydrogens is 416 g/mol. The quantitative estimate of drug-likeness (QED) is 0.633. The SMILES string of the molecule is Cc1cnc(NC(=O)CCn2c(=O)oc3cc(S(=O)(=O)N4CCCC4)ccc32)s1. The lowest BCUT2D eigenvalue weighted by molar-refractivity contribution is -0.116. The van der Waals surface area contributed by atoms with Crippen LogP contribution >= 0.6 is 11.3 Å². The first-order valence-electron chi connectivity index (χ1n) is 9.20. The Balaban J connectivity index is 1.52. The maximum Gasteiger partial charge on any atom is 0.419 e. The molecule has 3 aromatic rings. The highest BCUT2D eigenvalue weighted by Gasteiger charge is 2.28. The Labute approximate surface area is 171 Å². The molecule has 29 heavy (non-hydrogen) atoms. The summed E-state index contributed by atoms with van der Waals surface area (Å²) in [6, 6.07) is 4.39. The van der Waals surface area contributed by atoms with Crippen molar-refractivity contribution in [1.82, 2.24) is 13.9 Å². The standard InChI is InChI=1S/C18H20N4O5S2/c1-12-11-19-17(28-12)20-16(23)6-9-22-14-5-4-13(10-15(14)27-18(22)24)29(25,26)21-7-2-3-8-21/h4-5,10-11H,2-3,6-9H2,1H3,(H,19,20,23). The number of thiazole rings is 1. The van der Waals surface area contributed by atoms with E-state index in [9.17, 15) is 18.0 Å². The summed E-state index contributed by atoms with van der Waals surface area (Å²) < 4.78 is 33.4. The summed E-state index contributed by atoms with van der Waals surface area (Å²) in [5.41, 5.74) is 0.638. The molecule has 9 nitrogen and oxygen atoms in total. The number of carbonyl (C=O) groups excluding carboxylic acids is 1. The molecule has 1 fully saturated rings. The molecule has 0 bridgehead atoms. The second kappa shape index (κ2) is 7.73.